The van der Waals surface area contributed by atoms with Gasteiger partial charge in [0.1, 0.15) is 0 Å². The molecule has 3 nitrogen and oxygen atoms in total. The van der Waals surface area contributed by atoms with Gasteiger partial charge in [-0.1, -0.05) is 23.7 Å². The van der Waals surface area contributed by atoms with E-state index in [1.807, 2.05) is 0 Å². The Morgan fingerprint density at radius 1 is 1.13 bits per heavy atom. The van der Waals surface area contributed by atoms with E-state index in [1.54, 1.807) is 18.2 Å². The maximum absolute atomic E-state index is 12.7. The zero-order valence-electron chi connectivity index (χ0n) is 11.5. The van der Waals surface area contributed by atoms with Crippen LogP contribution in [-0.2, 0) is 6.18 Å². The number of halogens is 4. The van der Waals surface area contributed by atoms with Crippen molar-refractivity contribution in [1.82, 2.24) is 4.98 Å². The molecule has 2 aromatic carbocycles. The zero-order chi connectivity index (χ0) is 16.6. The topological polar surface area (TPSA) is 48.4 Å². The Bertz CT molecular complexity index is 900. The first-order valence-electron chi connectivity index (χ1n) is 6.56. The number of nitrogens with one attached hydrogen (secondary N) is 1. The number of fused-ring (bicyclic) bond motifs is 1. The summed E-state index contributed by atoms with van der Waals surface area (Å²) in [6.07, 6.45) is -3.11. The number of H-pyrrole nitrogens is 1. The highest BCUT2D eigenvalue weighted by Gasteiger charge is 2.30. The third-order valence-corrected chi connectivity index (χ3v) is 3.53. The first kappa shape index (κ1) is 15.4. The van der Waals surface area contributed by atoms with Crippen LogP contribution in [0.25, 0.3) is 10.9 Å². The summed E-state index contributed by atoms with van der Waals surface area (Å²) in [4.78, 5) is 6.76. The summed E-state index contributed by atoms with van der Waals surface area (Å²) in [5, 5.41) is 11.1. The van der Waals surface area contributed by atoms with Gasteiger partial charge >= 0.3 is 6.18 Å². The van der Waals surface area contributed by atoms with Crippen molar-refractivity contribution in [1.29, 1.82) is 0 Å². The van der Waals surface area contributed by atoms with Crippen molar-refractivity contribution in [2.45, 2.75) is 6.18 Å². The minimum absolute atomic E-state index is 0.127. The van der Waals surface area contributed by atoms with Crippen LogP contribution in [-0.4, -0.2) is 16.3 Å². The maximum atomic E-state index is 12.7. The fraction of sp³-hybridized carbons (Fsp3) is 0.0625. The summed E-state index contributed by atoms with van der Waals surface area (Å²) in [7, 11) is 0. The van der Waals surface area contributed by atoms with Gasteiger partial charge in [-0.25, -0.2) is 0 Å². The molecule has 0 aliphatic carbocycles. The predicted octanol–water partition coefficient (Wildman–Crippen LogP) is 5.30. The molecule has 0 spiro atoms. The lowest BCUT2D eigenvalue weighted by Crippen LogP contribution is -2.03. The molecule has 2 N–H and O–H groups in total. The van der Waals surface area contributed by atoms with Crippen LogP contribution in [0.2, 0.25) is 5.02 Å². The Morgan fingerprint density at radius 2 is 1.91 bits per heavy atom. The van der Waals surface area contributed by atoms with Crippen LogP contribution >= 0.6 is 11.6 Å². The molecule has 0 radical (unpaired) electrons. The Kier molecular flexibility index (Phi) is 3.77. The second-order valence-corrected chi connectivity index (χ2v) is 5.32. The molecule has 3 aromatic rings. The largest absolute Gasteiger partial charge is 0.494 e. The molecular weight excluding hydrogens is 329 g/mol. The Hall–Kier alpha value is -2.47. The molecule has 0 bridgehead atoms. The summed E-state index contributed by atoms with van der Waals surface area (Å²) in [5.74, 6) is -0.127. The fourth-order valence-electron chi connectivity index (χ4n) is 2.21. The monoisotopic (exact) mass is 338 g/mol. The van der Waals surface area contributed by atoms with Gasteiger partial charge in [0.05, 0.1) is 22.3 Å². The van der Waals surface area contributed by atoms with Gasteiger partial charge in [-0.2, -0.15) is 13.2 Å². The van der Waals surface area contributed by atoms with Crippen LogP contribution < -0.4 is 0 Å². The summed E-state index contributed by atoms with van der Waals surface area (Å²) in [6, 6.07) is 9.64. The lowest BCUT2D eigenvalue weighted by Gasteiger charge is -2.06. The van der Waals surface area contributed by atoms with E-state index in [1.165, 1.54) is 18.3 Å². The third kappa shape index (κ3) is 3.17. The van der Waals surface area contributed by atoms with Gasteiger partial charge in [0.25, 0.3) is 0 Å². The summed E-state index contributed by atoms with van der Waals surface area (Å²) < 4.78 is 38.0. The van der Waals surface area contributed by atoms with E-state index in [9.17, 15) is 18.3 Å². The minimum atomic E-state index is -4.43. The molecule has 118 valence electrons. The number of aliphatic imine (C=N–C) groups is 1. The van der Waals surface area contributed by atoms with E-state index in [0.717, 1.165) is 12.1 Å². The number of alkyl halides is 3. The van der Waals surface area contributed by atoms with Crippen molar-refractivity contribution in [3.8, 4) is 5.88 Å². The average Bonchev–Trinajstić information content (AvgIpc) is 2.79. The molecule has 0 atom stereocenters. The average molecular weight is 339 g/mol. The van der Waals surface area contributed by atoms with Gasteiger partial charge in [-0.15, -0.1) is 0 Å². The van der Waals surface area contributed by atoms with E-state index < -0.39 is 11.7 Å². The van der Waals surface area contributed by atoms with Gasteiger partial charge in [0.15, 0.2) is 5.88 Å². The van der Waals surface area contributed by atoms with Crippen LogP contribution in [0.3, 0.4) is 0 Å². The molecule has 23 heavy (non-hydrogen) atoms. The molecule has 7 heteroatoms. The molecule has 0 saturated carbocycles. The van der Waals surface area contributed by atoms with Gasteiger partial charge in [-0.3, -0.25) is 4.99 Å². The van der Waals surface area contributed by atoms with Crippen molar-refractivity contribution in [3.05, 3.63) is 58.6 Å². The molecule has 0 aliphatic heterocycles. The molecule has 1 aromatic heterocycles. The van der Waals surface area contributed by atoms with Crippen LogP contribution in [0.1, 0.15) is 11.1 Å². The van der Waals surface area contributed by atoms with Crippen molar-refractivity contribution >= 4 is 34.4 Å². The number of hydrogen-bond donors (Lipinski definition) is 2. The Morgan fingerprint density at radius 3 is 2.65 bits per heavy atom. The molecule has 1 heterocycles. The van der Waals surface area contributed by atoms with Gasteiger partial charge in [0.2, 0.25) is 0 Å². The number of aromatic nitrogens is 1. The number of hydrogen-bond acceptors (Lipinski definition) is 2. The number of rotatable bonds is 2. The SMILES string of the molecule is Oc1[nH]c2cc(Cl)ccc2c1C=Nc1cccc(C(F)(F)F)c1. The molecule has 0 aliphatic rings. The van der Waals surface area contributed by atoms with Crippen LogP contribution in [0.4, 0.5) is 18.9 Å². The molecule has 3 rings (SSSR count). The third-order valence-electron chi connectivity index (χ3n) is 3.30. The van der Waals surface area contributed by atoms with Crippen LogP contribution in [0.5, 0.6) is 5.88 Å². The van der Waals surface area contributed by atoms with E-state index in [-0.39, 0.29) is 11.6 Å². The first-order chi connectivity index (χ1) is 10.8. The number of aromatic hydroxyl groups is 1. The van der Waals surface area contributed by atoms with Crippen molar-refractivity contribution in [3.63, 3.8) is 0 Å². The molecule has 0 fully saturated rings. The predicted molar refractivity (Wildman–Crippen MR) is 83.7 cm³/mol. The van der Waals surface area contributed by atoms with Gasteiger partial charge in [-0.05, 0) is 30.3 Å². The van der Waals surface area contributed by atoms with E-state index in [0.29, 0.717) is 21.5 Å². The molecule has 0 unspecified atom stereocenters. The number of nitrogens with zero attached hydrogens (tertiary/aromatic N) is 1. The molecule has 0 amide bonds. The summed E-state index contributed by atoms with van der Waals surface area (Å²) in [5.41, 5.74) is 0.360. The number of aromatic amines is 1. The van der Waals surface area contributed by atoms with Crippen LogP contribution in [0, 0.1) is 0 Å². The van der Waals surface area contributed by atoms with Crippen molar-refractivity contribution in [2.75, 3.05) is 0 Å². The summed E-state index contributed by atoms with van der Waals surface area (Å²) in [6.45, 7) is 0. The number of benzene rings is 2. The quantitative estimate of drug-likeness (QED) is 0.612. The summed E-state index contributed by atoms with van der Waals surface area (Å²) >= 11 is 5.87. The fourth-order valence-corrected chi connectivity index (χ4v) is 2.38. The second kappa shape index (κ2) is 5.62. The zero-order valence-corrected chi connectivity index (χ0v) is 12.3. The Balaban J connectivity index is 1.99. The van der Waals surface area contributed by atoms with Crippen molar-refractivity contribution < 1.29 is 18.3 Å². The highest BCUT2D eigenvalue weighted by atomic mass is 35.5. The van der Waals surface area contributed by atoms with E-state index >= 15 is 0 Å². The first-order valence-corrected chi connectivity index (χ1v) is 6.94. The van der Waals surface area contributed by atoms with Crippen molar-refractivity contribution in [2.24, 2.45) is 4.99 Å². The smallest absolute Gasteiger partial charge is 0.416 e. The minimum Gasteiger partial charge on any atom is -0.494 e. The van der Waals surface area contributed by atoms with E-state index in [2.05, 4.69) is 9.98 Å². The normalized spacial score (nSPS) is 12.3. The van der Waals surface area contributed by atoms with Gasteiger partial charge < -0.3 is 10.1 Å². The standard InChI is InChI=1S/C16H10ClF3N2O/c17-10-4-5-12-13(15(23)22-14(12)7-10)8-21-11-3-1-2-9(6-11)16(18,19)20/h1-8,22-23H. The molecule has 0 saturated heterocycles. The Labute approximate surface area is 134 Å². The van der Waals surface area contributed by atoms with E-state index in [4.69, 9.17) is 11.6 Å². The lowest BCUT2D eigenvalue weighted by molar-refractivity contribution is -0.137. The highest BCUT2D eigenvalue weighted by Crippen LogP contribution is 2.32. The van der Waals surface area contributed by atoms with Gasteiger partial charge in [0, 0.05) is 16.6 Å². The lowest BCUT2D eigenvalue weighted by atomic mass is 10.2. The molecular formula is C16H10ClF3N2O. The van der Waals surface area contributed by atoms with Crippen LogP contribution in [0.15, 0.2) is 47.5 Å². The second-order valence-electron chi connectivity index (χ2n) is 4.88. The highest BCUT2D eigenvalue weighted by molar-refractivity contribution is 6.31. The maximum Gasteiger partial charge on any atom is 0.416 e.